The summed E-state index contributed by atoms with van der Waals surface area (Å²) < 4.78 is 0. The van der Waals surface area contributed by atoms with Crippen LogP contribution in [-0.2, 0) is 16.0 Å². The van der Waals surface area contributed by atoms with E-state index in [2.05, 4.69) is 16.0 Å². The van der Waals surface area contributed by atoms with E-state index in [1.54, 1.807) is 6.07 Å². The van der Waals surface area contributed by atoms with E-state index in [-0.39, 0.29) is 11.8 Å². The van der Waals surface area contributed by atoms with Crippen LogP contribution in [-0.4, -0.2) is 24.9 Å². The maximum Gasteiger partial charge on any atom is 0.224 e. The lowest BCUT2D eigenvalue weighted by atomic mass is 10.0. The van der Waals surface area contributed by atoms with Gasteiger partial charge in [-0.05, 0) is 31.0 Å². The van der Waals surface area contributed by atoms with Gasteiger partial charge in [0.25, 0.3) is 0 Å². The van der Waals surface area contributed by atoms with Gasteiger partial charge in [-0.2, -0.15) is 0 Å². The Labute approximate surface area is 118 Å². The molecule has 0 aliphatic carbocycles. The minimum absolute atomic E-state index is 0.0174. The highest BCUT2D eigenvalue weighted by Crippen LogP contribution is 2.30. The van der Waals surface area contributed by atoms with Gasteiger partial charge < -0.3 is 21.7 Å². The number of nitrogens with one attached hydrogen (secondary N) is 3. The predicted octanol–water partition coefficient (Wildman–Crippen LogP) is 1.09. The summed E-state index contributed by atoms with van der Waals surface area (Å²) in [6.45, 7) is 3.06. The van der Waals surface area contributed by atoms with E-state index in [0.717, 1.165) is 16.9 Å². The van der Waals surface area contributed by atoms with Gasteiger partial charge in [-0.15, -0.1) is 0 Å². The zero-order chi connectivity index (χ0) is 14.5. The quantitative estimate of drug-likeness (QED) is 0.605. The van der Waals surface area contributed by atoms with Crippen LogP contribution in [0.25, 0.3) is 0 Å². The molecule has 1 aliphatic heterocycles. The summed E-state index contributed by atoms with van der Waals surface area (Å²) >= 11 is 0. The first-order chi connectivity index (χ1) is 9.60. The fraction of sp³-hybridized carbons (Fsp3) is 0.429. The molecular formula is C14H20N4O2. The van der Waals surface area contributed by atoms with Crippen molar-refractivity contribution >= 4 is 28.9 Å². The first-order valence-corrected chi connectivity index (χ1v) is 6.83. The van der Waals surface area contributed by atoms with E-state index in [9.17, 15) is 9.59 Å². The van der Waals surface area contributed by atoms with Crippen LogP contribution in [0.3, 0.4) is 0 Å². The van der Waals surface area contributed by atoms with Gasteiger partial charge in [-0.1, -0.05) is 0 Å². The lowest BCUT2D eigenvalue weighted by Crippen LogP contribution is -2.25. The van der Waals surface area contributed by atoms with Gasteiger partial charge in [0.05, 0.1) is 11.4 Å². The first-order valence-electron chi connectivity index (χ1n) is 6.83. The fourth-order valence-electron chi connectivity index (χ4n) is 2.19. The molecule has 2 amide bonds. The molecular weight excluding hydrogens is 256 g/mol. The molecule has 2 rings (SSSR count). The summed E-state index contributed by atoms with van der Waals surface area (Å²) in [4.78, 5) is 22.7. The Morgan fingerprint density at radius 1 is 1.40 bits per heavy atom. The Morgan fingerprint density at radius 2 is 2.20 bits per heavy atom. The van der Waals surface area contributed by atoms with Crippen molar-refractivity contribution in [2.45, 2.75) is 26.2 Å². The Kier molecular flexibility index (Phi) is 4.45. The average Bonchev–Trinajstić information content (AvgIpc) is 2.40. The van der Waals surface area contributed by atoms with E-state index in [4.69, 9.17) is 5.73 Å². The highest BCUT2D eigenvalue weighted by atomic mass is 16.2. The lowest BCUT2D eigenvalue weighted by Gasteiger charge is -2.19. The third-order valence-corrected chi connectivity index (χ3v) is 3.21. The van der Waals surface area contributed by atoms with Crippen molar-refractivity contribution in [3.63, 3.8) is 0 Å². The molecule has 0 bridgehead atoms. The standard InChI is InChI=1S/C14H20N4O2/c1-2-16-13(19)5-6-17-12-7-9-3-4-14(20)18-11(9)8-10(12)15/h7-8,17H,2-6,15H2,1H3,(H,16,19)(H,18,20). The van der Waals surface area contributed by atoms with Crippen LogP contribution in [0.1, 0.15) is 25.3 Å². The first kappa shape index (κ1) is 14.2. The van der Waals surface area contributed by atoms with Crippen LogP contribution in [0.4, 0.5) is 17.1 Å². The van der Waals surface area contributed by atoms with Gasteiger partial charge in [0.2, 0.25) is 11.8 Å². The number of benzene rings is 1. The Balaban J connectivity index is 1.99. The summed E-state index contributed by atoms with van der Waals surface area (Å²) in [6.07, 6.45) is 1.61. The fourth-order valence-corrected chi connectivity index (χ4v) is 2.19. The lowest BCUT2D eigenvalue weighted by molar-refractivity contribution is -0.120. The van der Waals surface area contributed by atoms with Crippen molar-refractivity contribution in [2.24, 2.45) is 0 Å². The monoisotopic (exact) mass is 276 g/mol. The van der Waals surface area contributed by atoms with E-state index < -0.39 is 0 Å². The average molecular weight is 276 g/mol. The second-order valence-electron chi connectivity index (χ2n) is 4.78. The summed E-state index contributed by atoms with van der Waals surface area (Å²) in [5.74, 6) is 0.0395. The summed E-state index contributed by atoms with van der Waals surface area (Å²) in [5.41, 5.74) is 9.19. The minimum atomic E-state index is 0.0174. The largest absolute Gasteiger partial charge is 0.397 e. The molecule has 0 aromatic heterocycles. The highest BCUT2D eigenvalue weighted by Gasteiger charge is 2.16. The smallest absolute Gasteiger partial charge is 0.224 e. The molecule has 1 aromatic rings. The van der Waals surface area contributed by atoms with E-state index >= 15 is 0 Å². The molecule has 0 fully saturated rings. The maximum absolute atomic E-state index is 11.4. The number of hydrogen-bond acceptors (Lipinski definition) is 4. The molecule has 6 heteroatoms. The van der Waals surface area contributed by atoms with Crippen molar-refractivity contribution in [2.75, 3.05) is 29.5 Å². The number of rotatable bonds is 5. The summed E-state index contributed by atoms with van der Waals surface area (Å²) in [5, 5.41) is 8.72. The van der Waals surface area contributed by atoms with Crippen molar-refractivity contribution in [1.29, 1.82) is 0 Å². The van der Waals surface area contributed by atoms with Gasteiger partial charge in [-0.25, -0.2) is 0 Å². The normalized spacial score (nSPS) is 13.3. The van der Waals surface area contributed by atoms with Gasteiger partial charge in [0, 0.05) is 31.6 Å². The number of hydrogen-bond donors (Lipinski definition) is 4. The van der Waals surface area contributed by atoms with Crippen LogP contribution in [0.5, 0.6) is 0 Å². The molecule has 1 aliphatic rings. The number of carbonyl (C=O) groups excluding carboxylic acids is 2. The zero-order valence-electron chi connectivity index (χ0n) is 11.6. The van der Waals surface area contributed by atoms with Crippen LogP contribution in [0.15, 0.2) is 12.1 Å². The number of anilines is 3. The molecule has 0 unspecified atom stereocenters. The minimum Gasteiger partial charge on any atom is -0.397 e. The topological polar surface area (TPSA) is 96.2 Å². The van der Waals surface area contributed by atoms with Crippen molar-refractivity contribution < 1.29 is 9.59 Å². The number of fused-ring (bicyclic) bond motifs is 1. The molecule has 0 spiro atoms. The maximum atomic E-state index is 11.4. The molecule has 1 aromatic carbocycles. The summed E-state index contributed by atoms with van der Waals surface area (Å²) in [7, 11) is 0. The molecule has 20 heavy (non-hydrogen) atoms. The van der Waals surface area contributed by atoms with Crippen LogP contribution < -0.4 is 21.7 Å². The van der Waals surface area contributed by atoms with E-state index in [1.807, 2.05) is 13.0 Å². The highest BCUT2D eigenvalue weighted by molar-refractivity contribution is 5.95. The second-order valence-corrected chi connectivity index (χ2v) is 4.78. The Morgan fingerprint density at radius 3 is 2.95 bits per heavy atom. The third-order valence-electron chi connectivity index (χ3n) is 3.21. The van der Waals surface area contributed by atoms with Gasteiger partial charge in [0.1, 0.15) is 0 Å². The molecule has 5 N–H and O–H groups in total. The third kappa shape index (κ3) is 3.40. The van der Waals surface area contributed by atoms with Crippen LogP contribution in [0, 0.1) is 0 Å². The number of amides is 2. The van der Waals surface area contributed by atoms with E-state index in [1.165, 1.54) is 0 Å². The Hall–Kier alpha value is -2.24. The summed E-state index contributed by atoms with van der Waals surface area (Å²) in [6, 6.07) is 3.71. The van der Waals surface area contributed by atoms with Crippen molar-refractivity contribution in [3.05, 3.63) is 17.7 Å². The molecule has 0 saturated heterocycles. The zero-order valence-corrected chi connectivity index (χ0v) is 11.6. The van der Waals surface area contributed by atoms with E-state index in [0.29, 0.717) is 38.0 Å². The number of nitrogens with two attached hydrogens (primary N) is 1. The molecule has 0 radical (unpaired) electrons. The molecule has 0 atom stereocenters. The van der Waals surface area contributed by atoms with Gasteiger partial charge in [0.15, 0.2) is 0 Å². The van der Waals surface area contributed by atoms with Gasteiger partial charge in [-0.3, -0.25) is 9.59 Å². The van der Waals surface area contributed by atoms with Crippen LogP contribution in [0.2, 0.25) is 0 Å². The molecule has 1 heterocycles. The number of nitrogen functional groups attached to an aromatic ring is 1. The molecule has 108 valence electrons. The van der Waals surface area contributed by atoms with Crippen molar-refractivity contribution in [1.82, 2.24) is 5.32 Å². The number of carbonyl (C=O) groups is 2. The van der Waals surface area contributed by atoms with Crippen molar-refractivity contribution in [3.8, 4) is 0 Å². The molecule has 0 saturated carbocycles. The van der Waals surface area contributed by atoms with Crippen LogP contribution >= 0.6 is 0 Å². The number of aryl methyl sites for hydroxylation is 1. The Bertz CT molecular complexity index is 528. The molecule has 6 nitrogen and oxygen atoms in total. The second kappa shape index (κ2) is 6.27. The SMILES string of the molecule is CCNC(=O)CCNc1cc2c(cc1N)NC(=O)CC2. The van der Waals surface area contributed by atoms with Gasteiger partial charge >= 0.3 is 0 Å². The predicted molar refractivity (Wildman–Crippen MR) is 79.6 cm³/mol.